The topological polar surface area (TPSA) is 86.3 Å². The van der Waals surface area contributed by atoms with Crippen molar-refractivity contribution < 1.29 is 23.3 Å². The first kappa shape index (κ1) is 20.7. The summed E-state index contributed by atoms with van der Waals surface area (Å²) in [4.78, 5) is 23.4. The van der Waals surface area contributed by atoms with E-state index in [2.05, 4.69) is 5.32 Å². The molecule has 0 aromatic heterocycles. The van der Waals surface area contributed by atoms with E-state index in [-0.39, 0.29) is 6.42 Å². The van der Waals surface area contributed by atoms with Crippen LogP contribution >= 0.6 is 0 Å². The fraction of sp³-hybridized carbons (Fsp3) is 0.182. The highest BCUT2D eigenvalue weighted by Gasteiger charge is 2.25. The molecule has 1 atom stereocenters. The maximum Gasteiger partial charge on any atom is 0.224 e. The fourth-order valence-electron chi connectivity index (χ4n) is 3.30. The van der Waals surface area contributed by atoms with E-state index in [1.807, 2.05) is 25.1 Å². The first-order chi connectivity index (χ1) is 13.8. The number of nitrogens with one attached hydrogen (secondary N) is 1. The van der Waals surface area contributed by atoms with Gasteiger partial charge >= 0.3 is 0 Å². The number of hydrogen-bond donors (Lipinski definition) is 1. The normalized spacial score (nSPS) is 15.3. The molecular weight excluding hydrogens is 393 g/mol. The lowest BCUT2D eigenvalue weighted by Gasteiger charge is -2.08. The van der Waals surface area contributed by atoms with Gasteiger partial charge in [0.1, 0.15) is 5.82 Å². The molecule has 29 heavy (non-hydrogen) atoms. The first-order valence-corrected chi connectivity index (χ1v) is 10.4. The van der Waals surface area contributed by atoms with Crippen LogP contribution in [-0.2, 0) is 20.4 Å². The highest BCUT2D eigenvalue weighted by Crippen LogP contribution is 2.43. The Hall–Kier alpha value is -3.06. The standard InChI is InChI=1S/C22H20FNO4S/c1-13-18(9-14-3-6-16(7-4-14)29(2)28)17-8-5-15(23)10-20(17)19(13)11-21(25)24-12-22(26)27/h3-10H,11-12H2,1-2H3,(H,24,25)(H,26,27)/p-1/b18-9-/t29-/m1/s1. The number of hydrogen-bond acceptors (Lipinski definition) is 4. The van der Waals surface area contributed by atoms with Crippen molar-refractivity contribution in [1.82, 2.24) is 5.32 Å². The maximum absolute atomic E-state index is 13.9. The third kappa shape index (κ3) is 4.68. The molecule has 1 N–H and O–H groups in total. The van der Waals surface area contributed by atoms with Crippen molar-refractivity contribution in [2.24, 2.45) is 0 Å². The molecule has 0 saturated carbocycles. The van der Waals surface area contributed by atoms with Crippen LogP contribution in [0.2, 0.25) is 0 Å². The highest BCUT2D eigenvalue weighted by molar-refractivity contribution is 7.84. The van der Waals surface area contributed by atoms with E-state index in [9.17, 15) is 23.3 Å². The SMILES string of the molecule is CC1=C(CC(=O)NCC(=O)[O-])c2cc(F)ccc2/C1=C\c1ccc([S@@](C)=O)cc1. The van der Waals surface area contributed by atoms with Crippen LogP contribution < -0.4 is 10.4 Å². The Morgan fingerprint density at radius 2 is 1.83 bits per heavy atom. The summed E-state index contributed by atoms with van der Waals surface area (Å²) in [7, 11) is -1.07. The molecule has 0 spiro atoms. The Morgan fingerprint density at radius 3 is 2.45 bits per heavy atom. The molecule has 0 unspecified atom stereocenters. The lowest BCUT2D eigenvalue weighted by atomic mass is 10.0. The van der Waals surface area contributed by atoms with Crippen molar-refractivity contribution in [3.63, 3.8) is 0 Å². The third-order valence-corrected chi connectivity index (χ3v) is 5.68. The molecule has 0 heterocycles. The number of amides is 1. The summed E-state index contributed by atoms with van der Waals surface area (Å²) in [5, 5.41) is 12.8. The summed E-state index contributed by atoms with van der Waals surface area (Å²) >= 11 is 0. The molecule has 5 nitrogen and oxygen atoms in total. The third-order valence-electron chi connectivity index (χ3n) is 4.74. The van der Waals surface area contributed by atoms with E-state index < -0.39 is 35.0 Å². The van der Waals surface area contributed by atoms with Gasteiger partial charge in [-0.05, 0) is 70.7 Å². The second-order valence-corrected chi connectivity index (χ2v) is 8.08. The second-order valence-electron chi connectivity index (χ2n) is 6.70. The fourth-order valence-corrected chi connectivity index (χ4v) is 3.82. The van der Waals surface area contributed by atoms with Gasteiger partial charge in [-0.2, -0.15) is 0 Å². The van der Waals surface area contributed by atoms with E-state index in [0.717, 1.165) is 27.2 Å². The number of fused-ring (bicyclic) bond motifs is 1. The number of benzene rings is 2. The minimum atomic E-state index is -1.38. The van der Waals surface area contributed by atoms with Gasteiger partial charge in [0.15, 0.2) is 0 Å². The van der Waals surface area contributed by atoms with Crippen molar-refractivity contribution in [3.05, 3.63) is 70.5 Å². The van der Waals surface area contributed by atoms with Gasteiger partial charge in [-0.1, -0.05) is 18.2 Å². The molecule has 7 heteroatoms. The van der Waals surface area contributed by atoms with Crippen molar-refractivity contribution in [2.45, 2.75) is 18.2 Å². The summed E-state index contributed by atoms with van der Waals surface area (Å²) in [5.74, 6) is -2.27. The summed E-state index contributed by atoms with van der Waals surface area (Å²) in [6.45, 7) is 1.27. The summed E-state index contributed by atoms with van der Waals surface area (Å²) in [5.41, 5.74) is 4.61. The lowest BCUT2D eigenvalue weighted by molar-refractivity contribution is -0.304. The van der Waals surface area contributed by atoms with Gasteiger partial charge in [-0.25, -0.2) is 4.39 Å². The molecule has 1 aliphatic carbocycles. The van der Waals surface area contributed by atoms with Crippen molar-refractivity contribution in [2.75, 3.05) is 12.8 Å². The number of allylic oxidation sites excluding steroid dienone is 2. The Bertz CT molecular complexity index is 1070. The van der Waals surface area contributed by atoms with Crippen LogP contribution in [0.1, 0.15) is 30.0 Å². The molecular formula is C22H19FNO4S-. The number of carbonyl (C=O) groups excluding carboxylic acids is 2. The van der Waals surface area contributed by atoms with Crippen molar-refractivity contribution in [3.8, 4) is 0 Å². The molecule has 2 aromatic carbocycles. The minimum Gasteiger partial charge on any atom is -0.548 e. The van der Waals surface area contributed by atoms with Gasteiger partial charge in [0, 0.05) is 22.0 Å². The number of carboxylic acid groups (broad SMARTS) is 1. The molecule has 3 rings (SSSR count). The van der Waals surface area contributed by atoms with E-state index in [4.69, 9.17) is 0 Å². The molecule has 1 aliphatic rings. The van der Waals surface area contributed by atoms with Gasteiger partial charge in [0.25, 0.3) is 0 Å². The predicted molar refractivity (Wildman–Crippen MR) is 108 cm³/mol. The maximum atomic E-state index is 13.9. The smallest absolute Gasteiger partial charge is 0.224 e. The van der Waals surface area contributed by atoms with E-state index in [0.29, 0.717) is 11.1 Å². The summed E-state index contributed by atoms with van der Waals surface area (Å²) in [6, 6.07) is 11.7. The van der Waals surface area contributed by atoms with Crippen LogP contribution in [0.15, 0.2) is 52.9 Å². The molecule has 0 radical (unpaired) electrons. The van der Waals surface area contributed by atoms with Gasteiger partial charge in [0.05, 0.1) is 18.9 Å². The zero-order chi connectivity index (χ0) is 21.1. The number of aliphatic carboxylic acids is 1. The molecule has 1 amide bonds. The lowest BCUT2D eigenvalue weighted by Crippen LogP contribution is -2.37. The molecule has 0 fully saturated rings. The van der Waals surface area contributed by atoms with E-state index in [1.165, 1.54) is 12.1 Å². The number of carbonyl (C=O) groups is 2. The van der Waals surface area contributed by atoms with Crippen molar-refractivity contribution in [1.29, 1.82) is 0 Å². The Balaban J connectivity index is 1.99. The van der Waals surface area contributed by atoms with Crippen LogP contribution in [0.4, 0.5) is 4.39 Å². The average molecular weight is 412 g/mol. The van der Waals surface area contributed by atoms with Gasteiger partial charge in [-0.15, -0.1) is 0 Å². The molecule has 150 valence electrons. The molecule has 0 saturated heterocycles. The van der Waals surface area contributed by atoms with Gasteiger partial charge in [-0.3, -0.25) is 9.00 Å². The Labute approximate surface area is 170 Å². The monoisotopic (exact) mass is 412 g/mol. The zero-order valence-electron chi connectivity index (χ0n) is 16.0. The minimum absolute atomic E-state index is 0.0688. The number of rotatable bonds is 6. The highest BCUT2D eigenvalue weighted by atomic mass is 32.2. The van der Waals surface area contributed by atoms with Crippen LogP contribution in [0.25, 0.3) is 17.2 Å². The Kier molecular flexibility index (Phi) is 6.08. The number of carboxylic acids is 1. The molecule has 2 aromatic rings. The van der Waals surface area contributed by atoms with E-state index in [1.54, 1.807) is 24.5 Å². The summed E-state index contributed by atoms with van der Waals surface area (Å²) in [6.07, 6.45) is 3.47. The molecule has 0 bridgehead atoms. The Morgan fingerprint density at radius 1 is 1.14 bits per heavy atom. The van der Waals surface area contributed by atoms with Gasteiger partial charge < -0.3 is 15.2 Å². The van der Waals surface area contributed by atoms with Crippen molar-refractivity contribution >= 4 is 39.9 Å². The molecule has 0 aliphatic heterocycles. The largest absolute Gasteiger partial charge is 0.548 e. The first-order valence-electron chi connectivity index (χ1n) is 8.88. The average Bonchev–Trinajstić information content (AvgIpc) is 2.92. The van der Waals surface area contributed by atoms with Crippen LogP contribution in [0.3, 0.4) is 0 Å². The van der Waals surface area contributed by atoms with Crippen LogP contribution in [0.5, 0.6) is 0 Å². The predicted octanol–water partition coefficient (Wildman–Crippen LogP) is 2.15. The number of halogens is 1. The van der Waals surface area contributed by atoms with Crippen LogP contribution in [-0.4, -0.2) is 28.9 Å². The zero-order valence-corrected chi connectivity index (χ0v) is 16.8. The second kappa shape index (κ2) is 8.53. The summed E-state index contributed by atoms with van der Waals surface area (Å²) < 4.78 is 25.4. The van der Waals surface area contributed by atoms with Gasteiger partial charge in [0.2, 0.25) is 5.91 Å². The van der Waals surface area contributed by atoms with E-state index >= 15 is 0 Å². The quantitative estimate of drug-likeness (QED) is 0.788. The van der Waals surface area contributed by atoms with Crippen LogP contribution in [0, 0.1) is 5.82 Å².